The lowest BCUT2D eigenvalue weighted by Gasteiger charge is -2.38. The Morgan fingerprint density at radius 3 is 2.54 bits per heavy atom. The summed E-state index contributed by atoms with van der Waals surface area (Å²) < 4.78 is 25.0. The molecule has 76 valence electrons. The van der Waals surface area contributed by atoms with Crippen LogP contribution in [0, 0.1) is 0 Å². The molecule has 0 spiro atoms. The van der Waals surface area contributed by atoms with Gasteiger partial charge in [0, 0.05) is 30.7 Å². The lowest BCUT2D eigenvalue weighted by atomic mass is 9.87. The summed E-state index contributed by atoms with van der Waals surface area (Å²) in [6.45, 7) is 0. The van der Waals surface area contributed by atoms with Gasteiger partial charge in [0.2, 0.25) is 0 Å². The van der Waals surface area contributed by atoms with Crippen molar-refractivity contribution < 1.29 is 8.78 Å². The Morgan fingerprint density at radius 2 is 2.00 bits per heavy atom. The van der Waals surface area contributed by atoms with Gasteiger partial charge in [-0.05, 0) is 18.6 Å². The lowest BCUT2D eigenvalue weighted by Crippen LogP contribution is -2.52. The van der Waals surface area contributed by atoms with Gasteiger partial charge < -0.3 is 5.32 Å². The monoisotopic (exact) mass is 207 g/mol. The summed E-state index contributed by atoms with van der Waals surface area (Å²) in [5.74, 6) is -0.0411. The van der Waals surface area contributed by atoms with E-state index in [9.17, 15) is 8.78 Å². The quantitative estimate of drug-likeness (QED) is 0.745. The second-order valence-electron chi connectivity index (χ2n) is 4.04. The fourth-order valence-electron chi connectivity index (χ4n) is 1.98. The third-order valence-electron chi connectivity index (χ3n) is 2.72. The van der Waals surface area contributed by atoms with Gasteiger partial charge in [0.05, 0.1) is 0 Å². The first-order valence-electron chi connectivity index (χ1n) is 4.87. The lowest BCUT2D eigenvalue weighted by molar-refractivity contribution is -0.0944. The molecule has 2 fully saturated rings. The van der Waals surface area contributed by atoms with Gasteiger partial charge in [0.25, 0.3) is 5.92 Å². The molecule has 1 saturated carbocycles. The Hall–Kier alpha value is 0.170. The minimum Gasteiger partial charge on any atom is -0.310 e. The first kappa shape index (κ1) is 9.71. The second-order valence-corrected chi connectivity index (χ2v) is 5.19. The second kappa shape index (κ2) is 3.73. The SMILES string of the molecule is FC1(F)CC(NC2CCCSC2)C1. The zero-order valence-electron chi connectivity index (χ0n) is 7.56. The van der Waals surface area contributed by atoms with Crippen molar-refractivity contribution in [1.29, 1.82) is 0 Å². The molecule has 2 aliphatic rings. The molecule has 1 aliphatic heterocycles. The van der Waals surface area contributed by atoms with Crippen molar-refractivity contribution in [2.24, 2.45) is 0 Å². The van der Waals surface area contributed by atoms with E-state index in [4.69, 9.17) is 0 Å². The zero-order chi connectivity index (χ0) is 9.31. The number of rotatable bonds is 2. The minimum absolute atomic E-state index is 0.0498. The standard InChI is InChI=1S/C9H15F2NS/c10-9(11)4-8(5-9)12-7-2-1-3-13-6-7/h7-8,12H,1-6H2. The molecule has 0 aromatic heterocycles. The highest BCUT2D eigenvalue weighted by Gasteiger charge is 2.45. The van der Waals surface area contributed by atoms with E-state index in [-0.39, 0.29) is 18.9 Å². The third kappa shape index (κ3) is 2.56. The van der Waals surface area contributed by atoms with Crippen LogP contribution in [0.5, 0.6) is 0 Å². The number of thioether (sulfide) groups is 1. The summed E-state index contributed by atoms with van der Waals surface area (Å²) in [4.78, 5) is 0. The largest absolute Gasteiger partial charge is 0.310 e. The Kier molecular flexibility index (Phi) is 2.79. The maximum Gasteiger partial charge on any atom is 0.251 e. The van der Waals surface area contributed by atoms with Gasteiger partial charge in [-0.2, -0.15) is 11.8 Å². The van der Waals surface area contributed by atoms with Gasteiger partial charge in [-0.1, -0.05) is 0 Å². The van der Waals surface area contributed by atoms with Crippen molar-refractivity contribution in [3.63, 3.8) is 0 Å². The van der Waals surface area contributed by atoms with Gasteiger partial charge in [0.15, 0.2) is 0 Å². The minimum atomic E-state index is -2.38. The van der Waals surface area contributed by atoms with Gasteiger partial charge in [0.1, 0.15) is 0 Å². The van der Waals surface area contributed by atoms with Crippen molar-refractivity contribution in [1.82, 2.24) is 5.32 Å². The fourth-order valence-corrected chi connectivity index (χ4v) is 3.07. The van der Waals surface area contributed by atoms with Crippen LogP contribution < -0.4 is 5.32 Å². The van der Waals surface area contributed by atoms with Crippen molar-refractivity contribution in [3.05, 3.63) is 0 Å². The Labute approximate surface area is 81.7 Å². The van der Waals surface area contributed by atoms with Crippen molar-refractivity contribution in [2.45, 2.75) is 43.7 Å². The maximum atomic E-state index is 12.5. The summed E-state index contributed by atoms with van der Waals surface area (Å²) in [5, 5.41) is 3.31. The molecule has 2 rings (SSSR count). The van der Waals surface area contributed by atoms with Gasteiger partial charge in [-0.15, -0.1) is 0 Å². The van der Waals surface area contributed by atoms with Gasteiger partial charge in [-0.25, -0.2) is 8.78 Å². The smallest absolute Gasteiger partial charge is 0.251 e. The van der Waals surface area contributed by atoms with Crippen LogP contribution in [0.1, 0.15) is 25.7 Å². The molecule has 13 heavy (non-hydrogen) atoms. The topological polar surface area (TPSA) is 12.0 Å². The van der Waals surface area contributed by atoms with E-state index < -0.39 is 5.92 Å². The van der Waals surface area contributed by atoms with Crippen molar-refractivity contribution >= 4 is 11.8 Å². The predicted molar refractivity (Wildman–Crippen MR) is 51.5 cm³/mol. The van der Waals surface area contributed by atoms with Crippen LogP contribution in [-0.4, -0.2) is 29.5 Å². The van der Waals surface area contributed by atoms with Crippen LogP contribution in [0.4, 0.5) is 8.78 Å². The molecule has 0 amide bonds. The van der Waals surface area contributed by atoms with Gasteiger partial charge in [-0.3, -0.25) is 0 Å². The Balaban J connectivity index is 1.68. The van der Waals surface area contributed by atoms with Crippen LogP contribution in [0.3, 0.4) is 0 Å². The van der Waals surface area contributed by atoms with E-state index >= 15 is 0 Å². The summed E-state index contributed by atoms with van der Waals surface area (Å²) in [6.07, 6.45) is 2.49. The highest BCUT2D eigenvalue weighted by molar-refractivity contribution is 7.99. The summed E-state index contributed by atoms with van der Waals surface area (Å²) in [7, 11) is 0. The van der Waals surface area contributed by atoms with Crippen molar-refractivity contribution in [3.8, 4) is 0 Å². The molecule has 0 aromatic rings. The first-order chi connectivity index (χ1) is 6.16. The number of hydrogen-bond donors (Lipinski definition) is 1. The van der Waals surface area contributed by atoms with E-state index in [2.05, 4.69) is 5.32 Å². The van der Waals surface area contributed by atoms with Crippen LogP contribution in [0.25, 0.3) is 0 Å². The normalized spacial score (nSPS) is 34.2. The van der Waals surface area contributed by atoms with Crippen LogP contribution in [0.2, 0.25) is 0 Å². The molecule has 1 nitrogen and oxygen atoms in total. The van der Waals surface area contributed by atoms with E-state index in [1.165, 1.54) is 12.2 Å². The maximum absolute atomic E-state index is 12.5. The molecular formula is C9H15F2NS. The van der Waals surface area contributed by atoms with Gasteiger partial charge >= 0.3 is 0 Å². The average molecular weight is 207 g/mol. The molecule has 1 saturated heterocycles. The number of alkyl halides is 2. The number of hydrogen-bond acceptors (Lipinski definition) is 2. The van der Waals surface area contributed by atoms with Crippen LogP contribution >= 0.6 is 11.8 Å². The first-order valence-corrected chi connectivity index (χ1v) is 6.03. The molecule has 1 atom stereocenters. The molecule has 1 aliphatic carbocycles. The van der Waals surface area contributed by atoms with E-state index in [0.29, 0.717) is 6.04 Å². The molecule has 0 radical (unpaired) electrons. The Morgan fingerprint density at radius 1 is 1.23 bits per heavy atom. The summed E-state index contributed by atoms with van der Waals surface area (Å²) in [6, 6.07) is 0.568. The molecule has 4 heteroatoms. The molecule has 1 heterocycles. The van der Waals surface area contributed by atoms with Crippen molar-refractivity contribution in [2.75, 3.05) is 11.5 Å². The molecule has 1 N–H and O–H groups in total. The van der Waals surface area contributed by atoms with Crippen LogP contribution in [-0.2, 0) is 0 Å². The third-order valence-corrected chi connectivity index (χ3v) is 3.94. The average Bonchev–Trinajstić information content (AvgIpc) is 2.03. The van der Waals surface area contributed by atoms with E-state index in [0.717, 1.165) is 12.2 Å². The zero-order valence-corrected chi connectivity index (χ0v) is 8.38. The summed E-state index contributed by atoms with van der Waals surface area (Å²) in [5.41, 5.74) is 0. The molecular weight excluding hydrogens is 192 g/mol. The predicted octanol–water partition coefficient (Wildman–Crippen LogP) is 2.27. The number of halogens is 2. The van der Waals surface area contributed by atoms with E-state index in [1.54, 1.807) is 0 Å². The molecule has 0 aromatic carbocycles. The fraction of sp³-hybridized carbons (Fsp3) is 1.00. The summed E-state index contributed by atoms with van der Waals surface area (Å²) >= 11 is 1.93. The Bertz CT molecular complexity index is 172. The van der Waals surface area contributed by atoms with Crippen LogP contribution in [0.15, 0.2) is 0 Å². The number of nitrogens with one attached hydrogen (secondary N) is 1. The molecule has 1 unspecified atom stereocenters. The molecule has 0 bridgehead atoms. The highest BCUT2D eigenvalue weighted by atomic mass is 32.2. The van der Waals surface area contributed by atoms with E-state index in [1.807, 2.05) is 11.8 Å². The highest BCUT2D eigenvalue weighted by Crippen LogP contribution is 2.38.